The van der Waals surface area contributed by atoms with E-state index in [1.807, 2.05) is 11.0 Å². The SMILES string of the molecule is N#Cc1nc(-c2ccco2)oc1N1CCN(C(=O)COc2ccc([N+](=O)[O-])cc2)CC1. The number of rotatable bonds is 6. The summed E-state index contributed by atoms with van der Waals surface area (Å²) in [4.78, 5) is 30.3. The zero-order valence-corrected chi connectivity index (χ0v) is 16.3. The molecule has 4 rings (SSSR count). The van der Waals surface area contributed by atoms with Gasteiger partial charge in [0.15, 0.2) is 12.4 Å². The minimum atomic E-state index is -0.502. The Morgan fingerprint density at radius 2 is 1.97 bits per heavy atom. The lowest BCUT2D eigenvalue weighted by Gasteiger charge is -2.34. The fourth-order valence-corrected chi connectivity index (χ4v) is 3.16. The number of furan rings is 1. The Kier molecular flexibility index (Phi) is 5.53. The van der Waals surface area contributed by atoms with E-state index in [4.69, 9.17) is 13.6 Å². The molecule has 0 spiro atoms. The number of hydrogen-bond donors (Lipinski definition) is 0. The number of benzene rings is 1. The lowest BCUT2D eigenvalue weighted by atomic mass is 10.3. The van der Waals surface area contributed by atoms with E-state index in [1.54, 1.807) is 17.0 Å². The number of nitriles is 1. The van der Waals surface area contributed by atoms with Crippen molar-refractivity contribution in [2.75, 3.05) is 37.7 Å². The second-order valence-corrected chi connectivity index (χ2v) is 6.67. The van der Waals surface area contributed by atoms with Crippen molar-refractivity contribution in [2.24, 2.45) is 0 Å². The second-order valence-electron chi connectivity index (χ2n) is 6.67. The van der Waals surface area contributed by atoms with Crippen LogP contribution in [-0.2, 0) is 4.79 Å². The maximum Gasteiger partial charge on any atom is 0.269 e. The molecule has 1 fully saturated rings. The first-order valence-corrected chi connectivity index (χ1v) is 9.40. The molecule has 2 aromatic heterocycles. The first-order chi connectivity index (χ1) is 15.0. The molecule has 1 aromatic carbocycles. The number of aromatic nitrogens is 1. The van der Waals surface area contributed by atoms with Crippen LogP contribution < -0.4 is 9.64 Å². The highest BCUT2D eigenvalue weighted by Crippen LogP contribution is 2.29. The predicted molar refractivity (Wildman–Crippen MR) is 106 cm³/mol. The molecule has 3 aromatic rings. The number of hydrogen-bond acceptors (Lipinski definition) is 9. The third-order valence-corrected chi connectivity index (χ3v) is 4.78. The summed E-state index contributed by atoms with van der Waals surface area (Å²) >= 11 is 0. The van der Waals surface area contributed by atoms with Crippen molar-refractivity contribution in [1.82, 2.24) is 9.88 Å². The van der Waals surface area contributed by atoms with Gasteiger partial charge in [0.05, 0.1) is 11.2 Å². The van der Waals surface area contributed by atoms with Gasteiger partial charge in [-0.3, -0.25) is 14.9 Å². The first kappa shape index (κ1) is 20.0. The summed E-state index contributed by atoms with van der Waals surface area (Å²) in [5.41, 5.74) is 0.113. The third-order valence-electron chi connectivity index (χ3n) is 4.78. The van der Waals surface area contributed by atoms with Gasteiger partial charge >= 0.3 is 0 Å². The molecular weight excluding hydrogens is 406 g/mol. The minimum absolute atomic E-state index is 0.0471. The van der Waals surface area contributed by atoms with Gasteiger partial charge in [0.25, 0.3) is 17.5 Å². The number of oxazole rings is 1. The lowest BCUT2D eigenvalue weighted by Crippen LogP contribution is -2.50. The molecule has 0 N–H and O–H groups in total. The summed E-state index contributed by atoms with van der Waals surface area (Å²) in [7, 11) is 0. The van der Waals surface area contributed by atoms with E-state index in [-0.39, 0.29) is 29.8 Å². The van der Waals surface area contributed by atoms with Crippen LogP contribution in [0.2, 0.25) is 0 Å². The number of nitrogens with zero attached hydrogens (tertiary/aromatic N) is 5. The Morgan fingerprint density at radius 3 is 2.58 bits per heavy atom. The Labute approximate surface area is 176 Å². The van der Waals surface area contributed by atoms with Crippen molar-refractivity contribution >= 4 is 17.5 Å². The fraction of sp³-hybridized carbons (Fsp3) is 0.250. The van der Waals surface area contributed by atoms with Crippen LogP contribution in [0.3, 0.4) is 0 Å². The van der Waals surface area contributed by atoms with Crippen LogP contribution in [0.5, 0.6) is 5.75 Å². The molecule has 0 radical (unpaired) electrons. The average Bonchev–Trinajstić information content (AvgIpc) is 3.47. The van der Waals surface area contributed by atoms with Gasteiger partial charge in [-0.05, 0) is 24.3 Å². The van der Waals surface area contributed by atoms with E-state index in [9.17, 15) is 20.2 Å². The van der Waals surface area contributed by atoms with Gasteiger partial charge in [0, 0.05) is 38.3 Å². The molecule has 0 bridgehead atoms. The molecule has 1 saturated heterocycles. The van der Waals surface area contributed by atoms with Crippen molar-refractivity contribution in [3.8, 4) is 23.5 Å². The number of non-ortho nitro benzene ring substituents is 1. The van der Waals surface area contributed by atoms with E-state index in [0.29, 0.717) is 43.6 Å². The van der Waals surface area contributed by atoms with E-state index in [0.717, 1.165) is 0 Å². The van der Waals surface area contributed by atoms with Gasteiger partial charge in [-0.25, -0.2) is 0 Å². The molecule has 11 nitrogen and oxygen atoms in total. The summed E-state index contributed by atoms with van der Waals surface area (Å²) in [6.07, 6.45) is 1.49. The quantitative estimate of drug-likeness (QED) is 0.432. The van der Waals surface area contributed by atoms with Crippen molar-refractivity contribution in [3.05, 3.63) is 58.5 Å². The van der Waals surface area contributed by atoms with Gasteiger partial charge in [0.1, 0.15) is 11.8 Å². The number of nitro benzene ring substituents is 1. The summed E-state index contributed by atoms with van der Waals surface area (Å²) in [5, 5.41) is 20.1. The molecular formula is C20H17N5O6. The monoisotopic (exact) mass is 423 g/mol. The Bertz CT molecular complexity index is 1110. The summed E-state index contributed by atoms with van der Waals surface area (Å²) in [6.45, 7) is 1.59. The average molecular weight is 423 g/mol. The summed E-state index contributed by atoms with van der Waals surface area (Å²) in [6, 6.07) is 11.0. The van der Waals surface area contributed by atoms with Gasteiger partial charge in [-0.2, -0.15) is 10.2 Å². The number of carbonyl (C=O) groups is 1. The highest BCUT2D eigenvalue weighted by molar-refractivity contribution is 5.78. The van der Waals surface area contributed by atoms with Crippen LogP contribution in [0, 0.1) is 21.4 Å². The van der Waals surface area contributed by atoms with Crippen LogP contribution in [0.25, 0.3) is 11.7 Å². The molecule has 0 saturated carbocycles. The van der Waals surface area contributed by atoms with Gasteiger partial charge in [-0.15, -0.1) is 0 Å². The topological polar surface area (TPSA) is 139 Å². The predicted octanol–water partition coefficient (Wildman–Crippen LogP) is 2.44. The van der Waals surface area contributed by atoms with E-state index >= 15 is 0 Å². The van der Waals surface area contributed by atoms with E-state index in [1.165, 1.54) is 30.5 Å². The molecule has 0 aliphatic carbocycles. The maximum absolute atomic E-state index is 12.4. The van der Waals surface area contributed by atoms with E-state index < -0.39 is 4.92 Å². The Balaban J connectivity index is 1.33. The van der Waals surface area contributed by atoms with E-state index in [2.05, 4.69) is 4.98 Å². The van der Waals surface area contributed by atoms with Gasteiger partial charge in [0.2, 0.25) is 11.6 Å². The fourth-order valence-electron chi connectivity index (χ4n) is 3.16. The number of carbonyl (C=O) groups excluding carboxylic acids is 1. The molecule has 3 heterocycles. The molecule has 0 atom stereocenters. The number of amides is 1. The molecule has 1 aliphatic rings. The zero-order chi connectivity index (χ0) is 21.8. The number of anilines is 1. The van der Waals surface area contributed by atoms with Crippen LogP contribution in [0.4, 0.5) is 11.6 Å². The lowest BCUT2D eigenvalue weighted by molar-refractivity contribution is -0.384. The van der Waals surface area contributed by atoms with Crippen molar-refractivity contribution < 1.29 is 23.3 Å². The van der Waals surface area contributed by atoms with Crippen molar-refractivity contribution in [1.29, 1.82) is 5.26 Å². The standard InChI is InChI=1S/C20H17N5O6/c21-12-16-20(31-19(22-16)17-2-1-11-29-17)24-9-7-23(8-10-24)18(26)13-30-15-5-3-14(4-6-15)25(27)28/h1-6,11H,7-10,13H2. The summed E-state index contributed by atoms with van der Waals surface area (Å²) < 4.78 is 16.4. The first-order valence-electron chi connectivity index (χ1n) is 9.40. The second kappa shape index (κ2) is 8.58. The number of nitro groups is 1. The van der Waals surface area contributed by atoms with Gasteiger partial charge in [-0.1, -0.05) is 0 Å². The number of ether oxygens (including phenoxy) is 1. The highest BCUT2D eigenvalue weighted by Gasteiger charge is 2.27. The smallest absolute Gasteiger partial charge is 0.269 e. The molecule has 1 amide bonds. The Morgan fingerprint density at radius 1 is 1.23 bits per heavy atom. The molecule has 1 aliphatic heterocycles. The number of piperazine rings is 1. The molecule has 0 unspecified atom stereocenters. The highest BCUT2D eigenvalue weighted by atomic mass is 16.6. The van der Waals surface area contributed by atoms with Crippen molar-refractivity contribution in [3.63, 3.8) is 0 Å². The Hall–Kier alpha value is -4.33. The molecule has 158 valence electrons. The van der Waals surface area contributed by atoms with Crippen LogP contribution >= 0.6 is 0 Å². The normalized spacial score (nSPS) is 13.6. The largest absolute Gasteiger partial charge is 0.484 e. The molecule has 31 heavy (non-hydrogen) atoms. The third kappa shape index (κ3) is 4.32. The zero-order valence-electron chi connectivity index (χ0n) is 16.3. The van der Waals surface area contributed by atoms with Gasteiger partial charge < -0.3 is 23.4 Å². The van der Waals surface area contributed by atoms with Crippen LogP contribution in [0.1, 0.15) is 5.69 Å². The summed E-state index contributed by atoms with van der Waals surface area (Å²) in [5.74, 6) is 1.19. The van der Waals surface area contributed by atoms with Crippen LogP contribution in [-0.4, -0.2) is 53.5 Å². The van der Waals surface area contributed by atoms with Crippen molar-refractivity contribution in [2.45, 2.75) is 0 Å². The maximum atomic E-state index is 12.4. The minimum Gasteiger partial charge on any atom is -0.484 e. The van der Waals surface area contributed by atoms with Crippen LogP contribution in [0.15, 0.2) is 51.5 Å². The molecule has 11 heteroatoms.